The van der Waals surface area contributed by atoms with Crippen LogP contribution < -0.4 is 15.2 Å². The minimum atomic E-state index is -3.88. The minimum Gasteiger partial charge on any atom is -0.495 e. The molecule has 0 heterocycles. The lowest BCUT2D eigenvalue weighted by Gasteiger charge is -2.13. The summed E-state index contributed by atoms with van der Waals surface area (Å²) in [6, 6.07) is 8.74. The summed E-state index contributed by atoms with van der Waals surface area (Å²) >= 11 is 11.6. The highest BCUT2D eigenvalue weighted by molar-refractivity contribution is 7.92. The molecule has 0 amide bonds. The van der Waals surface area contributed by atoms with E-state index < -0.39 is 10.0 Å². The third-order valence-corrected chi connectivity index (χ3v) is 4.58. The highest BCUT2D eigenvalue weighted by Gasteiger charge is 2.19. The number of hydrogen-bond acceptors (Lipinski definition) is 4. The van der Waals surface area contributed by atoms with Crippen LogP contribution in [0.1, 0.15) is 0 Å². The standard InChI is InChI=1S/C13H12Cl2N2O3S/c1-20-12-4-2-9(15)7-11(12)17-21(18,19)13-5-3-8(14)6-10(13)16/h2-7,17H,16H2,1H3. The molecule has 2 aromatic rings. The number of nitrogens with one attached hydrogen (secondary N) is 1. The van der Waals surface area contributed by atoms with E-state index in [4.69, 9.17) is 33.7 Å². The van der Waals surface area contributed by atoms with Crippen molar-refractivity contribution in [2.45, 2.75) is 4.90 Å². The monoisotopic (exact) mass is 346 g/mol. The normalized spacial score (nSPS) is 11.2. The lowest BCUT2D eigenvalue weighted by molar-refractivity contribution is 0.417. The molecule has 0 saturated heterocycles. The van der Waals surface area contributed by atoms with E-state index in [9.17, 15) is 8.42 Å². The first-order valence-electron chi connectivity index (χ1n) is 5.75. The van der Waals surface area contributed by atoms with E-state index in [2.05, 4.69) is 4.72 Å². The summed E-state index contributed by atoms with van der Waals surface area (Å²) in [6.07, 6.45) is 0. The maximum absolute atomic E-state index is 12.4. The number of halogens is 2. The maximum atomic E-state index is 12.4. The number of ether oxygens (including phenoxy) is 1. The maximum Gasteiger partial charge on any atom is 0.264 e. The summed E-state index contributed by atoms with van der Waals surface area (Å²) in [7, 11) is -2.45. The van der Waals surface area contributed by atoms with E-state index in [1.165, 1.54) is 31.4 Å². The van der Waals surface area contributed by atoms with Crippen LogP contribution in [0.15, 0.2) is 41.3 Å². The molecule has 0 radical (unpaired) electrons. The van der Waals surface area contributed by atoms with Crippen molar-refractivity contribution in [3.8, 4) is 5.75 Å². The zero-order chi connectivity index (χ0) is 15.6. The zero-order valence-corrected chi connectivity index (χ0v) is 13.3. The molecule has 0 bridgehead atoms. The molecule has 0 fully saturated rings. The second-order valence-corrected chi connectivity index (χ2v) is 6.66. The van der Waals surface area contributed by atoms with Crippen molar-refractivity contribution < 1.29 is 13.2 Å². The van der Waals surface area contributed by atoms with Gasteiger partial charge in [-0.05, 0) is 36.4 Å². The predicted octanol–water partition coefficient (Wildman–Crippen LogP) is 3.39. The number of hydrogen-bond donors (Lipinski definition) is 2. The second-order valence-electron chi connectivity index (χ2n) is 4.13. The Bertz CT molecular complexity index is 779. The minimum absolute atomic E-state index is 0.0518. The fourth-order valence-corrected chi connectivity index (χ4v) is 3.25. The van der Waals surface area contributed by atoms with E-state index in [0.29, 0.717) is 15.8 Å². The van der Waals surface area contributed by atoms with Gasteiger partial charge in [-0.3, -0.25) is 4.72 Å². The van der Waals surface area contributed by atoms with Crippen LogP contribution in [-0.4, -0.2) is 15.5 Å². The molecule has 0 atom stereocenters. The number of nitrogen functional groups attached to an aromatic ring is 1. The van der Waals surface area contributed by atoms with E-state index in [1.54, 1.807) is 12.1 Å². The second kappa shape index (κ2) is 6.01. The number of sulfonamides is 1. The Balaban J connectivity index is 2.44. The van der Waals surface area contributed by atoms with E-state index in [-0.39, 0.29) is 16.3 Å². The molecule has 0 aliphatic carbocycles. The van der Waals surface area contributed by atoms with Crippen LogP contribution in [0.5, 0.6) is 5.75 Å². The van der Waals surface area contributed by atoms with Crippen LogP contribution in [0.4, 0.5) is 11.4 Å². The molecule has 112 valence electrons. The molecule has 5 nitrogen and oxygen atoms in total. The Labute approximate surface area is 132 Å². The Morgan fingerprint density at radius 2 is 1.71 bits per heavy atom. The molecule has 2 rings (SSSR count). The molecule has 0 aliphatic rings. The van der Waals surface area contributed by atoms with Crippen LogP contribution in [0.2, 0.25) is 10.0 Å². The molecule has 0 aromatic heterocycles. The number of anilines is 2. The average Bonchev–Trinajstić information content (AvgIpc) is 2.37. The molecule has 0 spiro atoms. The van der Waals surface area contributed by atoms with E-state index >= 15 is 0 Å². The summed E-state index contributed by atoms with van der Waals surface area (Å²) in [5.41, 5.74) is 5.97. The average molecular weight is 347 g/mol. The molecule has 3 N–H and O–H groups in total. The molecule has 8 heteroatoms. The lowest BCUT2D eigenvalue weighted by Crippen LogP contribution is -2.15. The fraction of sp³-hybridized carbons (Fsp3) is 0.0769. The predicted molar refractivity (Wildman–Crippen MR) is 84.7 cm³/mol. The van der Waals surface area contributed by atoms with Gasteiger partial charge in [-0.2, -0.15) is 0 Å². The van der Waals surface area contributed by atoms with Gasteiger partial charge in [0.25, 0.3) is 10.0 Å². The van der Waals surface area contributed by atoms with Gasteiger partial charge in [0.05, 0.1) is 18.5 Å². The van der Waals surface area contributed by atoms with Crippen molar-refractivity contribution in [2.24, 2.45) is 0 Å². The molecule has 2 aromatic carbocycles. The van der Waals surface area contributed by atoms with Gasteiger partial charge < -0.3 is 10.5 Å². The van der Waals surface area contributed by atoms with Gasteiger partial charge in [0, 0.05) is 10.0 Å². The largest absolute Gasteiger partial charge is 0.495 e. The Kier molecular flexibility index (Phi) is 4.51. The summed E-state index contributed by atoms with van der Waals surface area (Å²) in [6.45, 7) is 0. The van der Waals surface area contributed by atoms with Crippen molar-refractivity contribution in [1.82, 2.24) is 0 Å². The molecular weight excluding hydrogens is 335 g/mol. The van der Waals surface area contributed by atoms with Crippen LogP contribution in [0, 0.1) is 0 Å². The van der Waals surface area contributed by atoms with Crippen LogP contribution in [0.25, 0.3) is 0 Å². The number of nitrogens with two attached hydrogens (primary N) is 1. The quantitative estimate of drug-likeness (QED) is 0.831. The zero-order valence-electron chi connectivity index (χ0n) is 10.9. The summed E-state index contributed by atoms with van der Waals surface area (Å²) in [5, 5.41) is 0.726. The molecule has 0 saturated carbocycles. The van der Waals surface area contributed by atoms with Gasteiger partial charge in [0.1, 0.15) is 10.6 Å². The first-order valence-corrected chi connectivity index (χ1v) is 7.99. The lowest BCUT2D eigenvalue weighted by atomic mass is 10.3. The smallest absolute Gasteiger partial charge is 0.264 e. The van der Waals surface area contributed by atoms with Crippen LogP contribution in [-0.2, 0) is 10.0 Å². The Morgan fingerprint density at radius 1 is 1.10 bits per heavy atom. The molecule has 0 aliphatic heterocycles. The summed E-state index contributed by atoms with van der Waals surface area (Å²) in [5.74, 6) is 0.343. The Morgan fingerprint density at radius 3 is 2.33 bits per heavy atom. The van der Waals surface area contributed by atoms with Crippen molar-refractivity contribution in [3.05, 3.63) is 46.4 Å². The Hall–Kier alpha value is -1.63. The van der Waals surface area contributed by atoms with Crippen molar-refractivity contribution in [3.63, 3.8) is 0 Å². The van der Waals surface area contributed by atoms with Gasteiger partial charge in [0.2, 0.25) is 0 Å². The first kappa shape index (κ1) is 15.8. The van der Waals surface area contributed by atoms with Gasteiger partial charge in [-0.25, -0.2) is 8.42 Å². The van der Waals surface area contributed by atoms with Gasteiger partial charge >= 0.3 is 0 Å². The number of methoxy groups -OCH3 is 1. The fourth-order valence-electron chi connectivity index (χ4n) is 1.72. The summed E-state index contributed by atoms with van der Waals surface area (Å²) < 4.78 is 32.2. The van der Waals surface area contributed by atoms with Gasteiger partial charge in [-0.15, -0.1) is 0 Å². The SMILES string of the molecule is COc1ccc(Cl)cc1NS(=O)(=O)c1ccc(Cl)cc1N. The molecule has 0 unspecified atom stereocenters. The number of rotatable bonds is 4. The highest BCUT2D eigenvalue weighted by Crippen LogP contribution is 2.31. The van der Waals surface area contributed by atoms with Crippen LogP contribution >= 0.6 is 23.2 Å². The molecule has 21 heavy (non-hydrogen) atoms. The third-order valence-electron chi connectivity index (χ3n) is 2.67. The van der Waals surface area contributed by atoms with Crippen molar-refractivity contribution in [1.29, 1.82) is 0 Å². The van der Waals surface area contributed by atoms with Crippen LogP contribution in [0.3, 0.4) is 0 Å². The van der Waals surface area contributed by atoms with Gasteiger partial charge in [-0.1, -0.05) is 23.2 Å². The molecular formula is C13H12Cl2N2O3S. The van der Waals surface area contributed by atoms with E-state index in [1.807, 2.05) is 0 Å². The summed E-state index contributed by atoms with van der Waals surface area (Å²) in [4.78, 5) is -0.0751. The van der Waals surface area contributed by atoms with Crippen molar-refractivity contribution in [2.75, 3.05) is 17.6 Å². The van der Waals surface area contributed by atoms with Gasteiger partial charge in [0.15, 0.2) is 0 Å². The topological polar surface area (TPSA) is 81.4 Å². The highest BCUT2D eigenvalue weighted by atomic mass is 35.5. The van der Waals surface area contributed by atoms with Crippen molar-refractivity contribution >= 4 is 44.6 Å². The van der Waals surface area contributed by atoms with E-state index in [0.717, 1.165) is 0 Å². The number of benzene rings is 2. The third kappa shape index (κ3) is 3.53. The first-order chi connectivity index (χ1) is 9.83.